The Hall–Kier alpha value is -1.59. The van der Waals surface area contributed by atoms with Crippen molar-refractivity contribution in [3.8, 4) is 0 Å². The summed E-state index contributed by atoms with van der Waals surface area (Å²) in [5.41, 5.74) is 0.611. The number of allylic oxidation sites excluding steroid dienone is 1. The molecule has 0 aromatic heterocycles. The fourth-order valence-corrected chi connectivity index (χ4v) is 2.00. The van der Waals surface area contributed by atoms with Gasteiger partial charge in [-0.2, -0.15) is 0 Å². The molecule has 0 heterocycles. The van der Waals surface area contributed by atoms with Gasteiger partial charge in [-0.1, -0.05) is 12.1 Å². The van der Waals surface area contributed by atoms with Crippen LogP contribution in [0.4, 0.5) is 0 Å². The summed E-state index contributed by atoms with van der Waals surface area (Å²) in [5, 5.41) is 7.51. The molecule has 1 aromatic rings. The average molecular weight is 220 g/mol. The first-order chi connectivity index (χ1) is 7.11. The Labute approximate surface area is 88.4 Å². The van der Waals surface area contributed by atoms with Crippen LogP contribution in [0, 0.1) is 5.41 Å². The third-order valence-electron chi connectivity index (χ3n) is 2.16. The predicted molar refractivity (Wildman–Crippen MR) is 54.5 cm³/mol. The zero-order valence-electron chi connectivity index (χ0n) is 7.52. The van der Waals surface area contributed by atoms with Crippen molar-refractivity contribution in [2.45, 2.75) is 4.90 Å². The molecule has 5 heteroatoms. The normalized spacial score (nSPS) is 16.3. The number of benzene rings is 1. The number of hydrogen-bond donors (Lipinski definition) is 1. The van der Waals surface area contributed by atoms with Gasteiger partial charge in [-0.05, 0) is 34.9 Å². The minimum atomic E-state index is -2.35. The van der Waals surface area contributed by atoms with Crippen LogP contribution < -0.4 is 0 Å². The minimum Gasteiger partial charge on any atom is -0.768 e. The summed E-state index contributed by atoms with van der Waals surface area (Å²) in [6, 6.07) is 4.52. The summed E-state index contributed by atoms with van der Waals surface area (Å²) in [4.78, 5) is 11.3. The average Bonchev–Trinajstić information content (AvgIpc) is 2.23. The van der Waals surface area contributed by atoms with Gasteiger partial charge in [0.2, 0.25) is 5.78 Å². The maximum Gasteiger partial charge on any atom is 0.204 e. The topological polar surface area (TPSA) is 81.0 Å². The zero-order valence-corrected chi connectivity index (χ0v) is 8.34. The Bertz CT molecular complexity index is 519. The van der Waals surface area contributed by atoms with Crippen LogP contribution in [0.15, 0.2) is 29.2 Å². The summed E-state index contributed by atoms with van der Waals surface area (Å²) >= 11 is -2.35. The molecule has 0 radical (unpaired) electrons. The van der Waals surface area contributed by atoms with Gasteiger partial charge in [0.15, 0.2) is 0 Å². The molecule has 76 valence electrons. The highest BCUT2D eigenvalue weighted by Gasteiger charge is 2.19. The van der Waals surface area contributed by atoms with Crippen molar-refractivity contribution in [3.05, 3.63) is 35.4 Å². The molecular weight excluding hydrogens is 214 g/mol. The van der Waals surface area contributed by atoms with Gasteiger partial charge >= 0.3 is 0 Å². The number of fused-ring (bicyclic) bond motifs is 1. The fraction of sp³-hybridized carbons (Fsp3) is 0. The monoisotopic (exact) mass is 220 g/mol. The number of nitrogens with one attached hydrogen (secondary N) is 1. The molecule has 1 N–H and O–H groups in total. The molecule has 1 aliphatic rings. The standard InChI is InChI=1S/C10H7NO3S/c11-10-7-2-1-3-9(15(13)14)6(7)4-5-8(10)12/h1-5,11H,(H,13,14)/p-1. The van der Waals surface area contributed by atoms with E-state index >= 15 is 0 Å². The maximum absolute atomic E-state index is 11.2. The highest BCUT2D eigenvalue weighted by molar-refractivity contribution is 7.79. The number of carbonyl (C=O) groups excluding carboxylic acids is 1. The first-order valence-electron chi connectivity index (χ1n) is 4.15. The first-order valence-corrected chi connectivity index (χ1v) is 5.22. The van der Waals surface area contributed by atoms with Crippen molar-refractivity contribution in [1.29, 1.82) is 5.41 Å². The quantitative estimate of drug-likeness (QED) is 0.713. The molecule has 0 aliphatic heterocycles. The molecule has 1 unspecified atom stereocenters. The number of rotatable bonds is 1. The van der Waals surface area contributed by atoms with Crippen LogP contribution >= 0.6 is 0 Å². The SMILES string of the molecule is N=C1C(=O)C=Cc2c1cccc2S(=O)[O-]. The highest BCUT2D eigenvalue weighted by atomic mass is 32.2. The van der Waals surface area contributed by atoms with Gasteiger partial charge in [0.1, 0.15) is 5.71 Å². The molecule has 0 fully saturated rings. The van der Waals surface area contributed by atoms with Crippen LogP contribution in [0.2, 0.25) is 0 Å². The third-order valence-corrected chi connectivity index (χ3v) is 2.88. The van der Waals surface area contributed by atoms with Crippen LogP contribution in [0.5, 0.6) is 0 Å². The van der Waals surface area contributed by atoms with E-state index in [4.69, 9.17) is 5.41 Å². The lowest BCUT2D eigenvalue weighted by Gasteiger charge is -2.16. The first kappa shape index (κ1) is 9.95. The lowest BCUT2D eigenvalue weighted by molar-refractivity contribution is -0.108. The number of hydrogen-bond acceptors (Lipinski definition) is 4. The number of ketones is 1. The van der Waals surface area contributed by atoms with E-state index < -0.39 is 16.9 Å². The van der Waals surface area contributed by atoms with Crippen molar-refractivity contribution < 1.29 is 13.6 Å². The van der Waals surface area contributed by atoms with E-state index in [1.54, 1.807) is 6.07 Å². The molecule has 4 nitrogen and oxygen atoms in total. The lowest BCUT2D eigenvalue weighted by Crippen LogP contribution is -2.17. The Morgan fingerprint density at radius 3 is 2.67 bits per heavy atom. The summed E-state index contributed by atoms with van der Waals surface area (Å²) in [7, 11) is 0. The van der Waals surface area contributed by atoms with Crippen molar-refractivity contribution in [2.24, 2.45) is 0 Å². The third kappa shape index (κ3) is 1.55. The van der Waals surface area contributed by atoms with Crippen molar-refractivity contribution >= 4 is 28.7 Å². The van der Waals surface area contributed by atoms with E-state index in [0.717, 1.165) is 0 Å². The van der Waals surface area contributed by atoms with E-state index in [1.165, 1.54) is 24.3 Å². The molecule has 0 spiro atoms. The smallest absolute Gasteiger partial charge is 0.204 e. The van der Waals surface area contributed by atoms with Crippen LogP contribution in [-0.4, -0.2) is 20.3 Å². The van der Waals surface area contributed by atoms with E-state index in [2.05, 4.69) is 0 Å². The Balaban J connectivity index is 2.72. The van der Waals surface area contributed by atoms with Gasteiger partial charge in [-0.25, -0.2) is 0 Å². The second-order valence-corrected chi connectivity index (χ2v) is 3.93. The van der Waals surface area contributed by atoms with E-state index in [-0.39, 0.29) is 10.6 Å². The van der Waals surface area contributed by atoms with Crippen molar-refractivity contribution in [1.82, 2.24) is 0 Å². The van der Waals surface area contributed by atoms with E-state index in [0.29, 0.717) is 11.1 Å². The zero-order chi connectivity index (χ0) is 11.0. The molecular formula is C10H6NO3S-. The molecule has 15 heavy (non-hydrogen) atoms. The molecule has 0 amide bonds. The van der Waals surface area contributed by atoms with Crippen molar-refractivity contribution in [3.63, 3.8) is 0 Å². The Kier molecular flexibility index (Phi) is 2.34. The second-order valence-electron chi connectivity index (χ2n) is 3.02. The predicted octanol–water partition coefficient (Wildman–Crippen LogP) is 0.888. The molecule has 0 bridgehead atoms. The van der Waals surface area contributed by atoms with Crippen LogP contribution in [0.3, 0.4) is 0 Å². The van der Waals surface area contributed by atoms with Crippen LogP contribution in [0.1, 0.15) is 11.1 Å². The maximum atomic E-state index is 11.2. The van der Waals surface area contributed by atoms with Gasteiger partial charge < -0.3 is 4.55 Å². The van der Waals surface area contributed by atoms with Gasteiger partial charge in [0.25, 0.3) is 0 Å². The summed E-state index contributed by atoms with van der Waals surface area (Å²) in [6.07, 6.45) is 2.64. The molecule has 1 aromatic carbocycles. The fourth-order valence-electron chi connectivity index (χ4n) is 1.45. The summed E-state index contributed by atoms with van der Waals surface area (Å²) in [5.74, 6) is -0.406. The summed E-state index contributed by atoms with van der Waals surface area (Å²) < 4.78 is 21.7. The van der Waals surface area contributed by atoms with Crippen molar-refractivity contribution in [2.75, 3.05) is 0 Å². The van der Waals surface area contributed by atoms with Gasteiger partial charge in [0.05, 0.1) is 0 Å². The lowest BCUT2D eigenvalue weighted by atomic mass is 9.95. The van der Waals surface area contributed by atoms with Crippen LogP contribution in [0.25, 0.3) is 6.08 Å². The Morgan fingerprint density at radius 1 is 1.27 bits per heavy atom. The molecule has 2 rings (SSSR count). The number of carbonyl (C=O) groups is 1. The molecule has 0 saturated carbocycles. The largest absolute Gasteiger partial charge is 0.768 e. The highest BCUT2D eigenvalue weighted by Crippen LogP contribution is 2.23. The van der Waals surface area contributed by atoms with Gasteiger partial charge in [-0.15, -0.1) is 0 Å². The molecule has 0 saturated heterocycles. The van der Waals surface area contributed by atoms with Gasteiger partial charge in [0, 0.05) is 10.5 Å². The second kappa shape index (κ2) is 3.52. The van der Waals surface area contributed by atoms with E-state index in [9.17, 15) is 13.6 Å². The van der Waals surface area contributed by atoms with Crippen LogP contribution in [-0.2, 0) is 15.9 Å². The molecule has 1 atom stereocenters. The molecule has 1 aliphatic carbocycles. The van der Waals surface area contributed by atoms with Gasteiger partial charge in [-0.3, -0.25) is 14.4 Å². The Morgan fingerprint density at radius 2 is 2.00 bits per heavy atom. The van der Waals surface area contributed by atoms with E-state index in [1.807, 2.05) is 0 Å². The minimum absolute atomic E-state index is 0.112. The summed E-state index contributed by atoms with van der Waals surface area (Å²) in [6.45, 7) is 0.